The fourth-order valence-electron chi connectivity index (χ4n) is 2.58. The SMILES string of the molecule is CCCCc1c(F)c(F)c(CNC(=O)c2c(Cl)c(C)nn2C)c(F)c1F. The van der Waals surface area contributed by atoms with Crippen LogP contribution in [0.3, 0.4) is 0 Å². The second kappa shape index (κ2) is 8.07. The number of hydrogen-bond donors (Lipinski definition) is 1. The van der Waals surface area contributed by atoms with Gasteiger partial charge in [0, 0.05) is 24.7 Å². The minimum atomic E-state index is -1.51. The largest absolute Gasteiger partial charge is 0.346 e. The Hall–Kier alpha value is -2.09. The van der Waals surface area contributed by atoms with E-state index in [-0.39, 0.29) is 17.1 Å². The third-order valence-corrected chi connectivity index (χ3v) is 4.47. The van der Waals surface area contributed by atoms with Crippen LogP contribution < -0.4 is 5.32 Å². The molecule has 142 valence electrons. The van der Waals surface area contributed by atoms with Gasteiger partial charge in [-0.2, -0.15) is 5.10 Å². The highest BCUT2D eigenvalue weighted by molar-refractivity contribution is 6.34. The van der Waals surface area contributed by atoms with Gasteiger partial charge in [0.1, 0.15) is 5.69 Å². The Morgan fingerprint density at radius 2 is 1.65 bits per heavy atom. The van der Waals surface area contributed by atoms with Gasteiger partial charge in [0.15, 0.2) is 23.3 Å². The number of unbranched alkanes of at least 4 members (excludes halogenated alkanes) is 1. The Balaban J connectivity index is 2.28. The van der Waals surface area contributed by atoms with Gasteiger partial charge in [-0.15, -0.1) is 0 Å². The molecule has 0 aliphatic heterocycles. The molecule has 0 aliphatic carbocycles. The van der Waals surface area contributed by atoms with E-state index in [1.807, 2.05) is 0 Å². The van der Waals surface area contributed by atoms with Crippen molar-refractivity contribution in [2.24, 2.45) is 7.05 Å². The molecule has 0 saturated heterocycles. The third-order valence-electron chi connectivity index (χ3n) is 4.02. The molecule has 2 aromatic rings. The molecule has 0 bridgehead atoms. The van der Waals surface area contributed by atoms with Gasteiger partial charge in [0.2, 0.25) is 0 Å². The van der Waals surface area contributed by atoms with Crippen molar-refractivity contribution in [3.05, 3.63) is 50.8 Å². The summed E-state index contributed by atoms with van der Waals surface area (Å²) in [5.41, 5.74) is -1.13. The van der Waals surface area contributed by atoms with Gasteiger partial charge in [-0.25, -0.2) is 17.6 Å². The Morgan fingerprint density at radius 3 is 2.12 bits per heavy atom. The maximum absolute atomic E-state index is 14.2. The van der Waals surface area contributed by atoms with E-state index in [0.29, 0.717) is 18.5 Å². The van der Waals surface area contributed by atoms with Gasteiger partial charge < -0.3 is 5.32 Å². The molecule has 26 heavy (non-hydrogen) atoms. The van der Waals surface area contributed by atoms with E-state index in [1.54, 1.807) is 13.8 Å². The van der Waals surface area contributed by atoms with Crippen molar-refractivity contribution in [3.8, 4) is 0 Å². The van der Waals surface area contributed by atoms with E-state index in [1.165, 1.54) is 11.7 Å². The lowest BCUT2D eigenvalue weighted by molar-refractivity contribution is 0.0940. The quantitative estimate of drug-likeness (QED) is 0.592. The monoisotopic (exact) mass is 391 g/mol. The molecule has 0 fully saturated rings. The van der Waals surface area contributed by atoms with Gasteiger partial charge in [0.25, 0.3) is 5.91 Å². The highest BCUT2D eigenvalue weighted by Gasteiger charge is 2.26. The summed E-state index contributed by atoms with van der Waals surface area (Å²) in [6, 6.07) is 0. The average molecular weight is 392 g/mol. The van der Waals surface area contributed by atoms with Crippen LogP contribution in [0.5, 0.6) is 0 Å². The first-order valence-electron chi connectivity index (χ1n) is 8.01. The van der Waals surface area contributed by atoms with Crippen LogP contribution >= 0.6 is 11.6 Å². The number of halogens is 5. The second-order valence-corrected chi connectivity index (χ2v) is 6.25. The van der Waals surface area contributed by atoms with Crippen molar-refractivity contribution >= 4 is 17.5 Å². The lowest BCUT2D eigenvalue weighted by atomic mass is 10.0. The zero-order valence-electron chi connectivity index (χ0n) is 14.5. The standard InChI is InChI=1S/C17H18ClF4N3O/c1-4-5-6-9-12(19)14(21)10(15(22)13(9)20)7-23-17(26)16-11(18)8(2)24-25(16)3/h4-7H2,1-3H3,(H,23,26). The number of carbonyl (C=O) groups excluding carboxylic acids is 1. The highest BCUT2D eigenvalue weighted by atomic mass is 35.5. The van der Waals surface area contributed by atoms with E-state index in [9.17, 15) is 22.4 Å². The Bertz CT molecular complexity index is 822. The summed E-state index contributed by atoms with van der Waals surface area (Å²) < 4.78 is 57.7. The minimum Gasteiger partial charge on any atom is -0.346 e. The van der Waals surface area contributed by atoms with Gasteiger partial charge in [-0.05, 0) is 19.8 Å². The molecule has 0 radical (unpaired) electrons. The zero-order chi connectivity index (χ0) is 19.6. The molecule has 1 heterocycles. The Kier molecular flexibility index (Phi) is 6.28. The highest BCUT2D eigenvalue weighted by Crippen LogP contribution is 2.26. The Morgan fingerprint density at radius 1 is 1.12 bits per heavy atom. The number of nitrogens with one attached hydrogen (secondary N) is 1. The first-order chi connectivity index (χ1) is 12.2. The molecule has 1 aromatic heterocycles. The molecule has 1 N–H and O–H groups in total. The summed E-state index contributed by atoms with van der Waals surface area (Å²) in [5.74, 6) is -6.66. The number of rotatable bonds is 6. The first kappa shape index (κ1) is 20.2. The number of aromatic nitrogens is 2. The number of amides is 1. The second-order valence-electron chi connectivity index (χ2n) is 5.87. The molecular formula is C17H18ClF4N3O. The molecule has 0 saturated carbocycles. The van der Waals surface area contributed by atoms with E-state index in [4.69, 9.17) is 11.6 Å². The number of nitrogens with zero attached hydrogens (tertiary/aromatic N) is 2. The third kappa shape index (κ3) is 3.70. The maximum atomic E-state index is 14.2. The number of carbonyl (C=O) groups is 1. The summed E-state index contributed by atoms with van der Waals surface area (Å²) in [6.45, 7) is 2.63. The molecule has 0 atom stereocenters. The smallest absolute Gasteiger partial charge is 0.271 e. The van der Waals surface area contributed by atoms with Gasteiger partial charge >= 0.3 is 0 Å². The van der Waals surface area contributed by atoms with Crippen LogP contribution in [0.4, 0.5) is 17.6 Å². The van der Waals surface area contributed by atoms with Gasteiger partial charge in [-0.1, -0.05) is 24.9 Å². The molecule has 0 spiro atoms. The molecule has 0 aliphatic rings. The van der Waals surface area contributed by atoms with E-state index in [2.05, 4.69) is 10.4 Å². The van der Waals surface area contributed by atoms with E-state index < -0.39 is 46.8 Å². The number of hydrogen-bond acceptors (Lipinski definition) is 2. The molecule has 1 amide bonds. The van der Waals surface area contributed by atoms with Crippen LogP contribution in [-0.4, -0.2) is 15.7 Å². The molecular weight excluding hydrogens is 374 g/mol. The van der Waals surface area contributed by atoms with Crippen molar-refractivity contribution in [1.29, 1.82) is 0 Å². The minimum absolute atomic E-state index is 0.0227. The normalized spacial score (nSPS) is 11.1. The predicted molar refractivity (Wildman–Crippen MR) is 89.0 cm³/mol. The summed E-state index contributed by atoms with van der Waals surface area (Å²) in [5, 5.41) is 6.24. The molecule has 2 rings (SSSR count). The maximum Gasteiger partial charge on any atom is 0.271 e. The van der Waals surface area contributed by atoms with Crippen LogP contribution in [0.2, 0.25) is 5.02 Å². The summed E-state index contributed by atoms with van der Waals surface area (Å²) in [7, 11) is 1.47. The van der Waals surface area contributed by atoms with E-state index >= 15 is 0 Å². The van der Waals surface area contributed by atoms with Crippen LogP contribution in [0.15, 0.2) is 0 Å². The Labute approximate surface area is 153 Å². The van der Waals surface area contributed by atoms with Gasteiger partial charge in [-0.3, -0.25) is 9.48 Å². The molecule has 9 heteroatoms. The molecule has 1 aromatic carbocycles. The summed E-state index contributed by atoms with van der Waals surface area (Å²) in [4.78, 5) is 12.2. The first-order valence-corrected chi connectivity index (χ1v) is 8.39. The van der Waals surface area contributed by atoms with Crippen molar-refractivity contribution < 1.29 is 22.4 Å². The van der Waals surface area contributed by atoms with Crippen LogP contribution in [0, 0.1) is 30.2 Å². The fraction of sp³-hybridized carbons (Fsp3) is 0.412. The number of benzene rings is 1. The summed E-state index contributed by atoms with van der Waals surface area (Å²) >= 11 is 5.96. The van der Waals surface area contributed by atoms with Crippen LogP contribution in [0.25, 0.3) is 0 Å². The zero-order valence-corrected chi connectivity index (χ0v) is 15.3. The number of aryl methyl sites for hydroxylation is 2. The summed E-state index contributed by atoms with van der Waals surface area (Å²) in [6.07, 6.45) is 0.893. The lowest BCUT2D eigenvalue weighted by Gasteiger charge is -2.13. The van der Waals surface area contributed by atoms with Gasteiger partial charge in [0.05, 0.1) is 10.7 Å². The molecule has 0 unspecified atom stereocenters. The average Bonchev–Trinajstić information content (AvgIpc) is 2.85. The van der Waals surface area contributed by atoms with Crippen molar-refractivity contribution in [2.75, 3.05) is 0 Å². The lowest BCUT2D eigenvalue weighted by Crippen LogP contribution is -2.27. The fourth-order valence-corrected chi connectivity index (χ4v) is 2.83. The van der Waals surface area contributed by atoms with Crippen molar-refractivity contribution in [3.63, 3.8) is 0 Å². The van der Waals surface area contributed by atoms with E-state index in [0.717, 1.165) is 0 Å². The van der Waals surface area contributed by atoms with Crippen LogP contribution in [0.1, 0.15) is 47.1 Å². The van der Waals surface area contributed by atoms with Crippen molar-refractivity contribution in [2.45, 2.75) is 39.7 Å². The topological polar surface area (TPSA) is 46.9 Å². The predicted octanol–water partition coefficient (Wildman–Crippen LogP) is 4.21. The molecule has 4 nitrogen and oxygen atoms in total. The van der Waals surface area contributed by atoms with Crippen LogP contribution in [-0.2, 0) is 20.0 Å². The van der Waals surface area contributed by atoms with Crippen molar-refractivity contribution in [1.82, 2.24) is 15.1 Å².